The van der Waals surface area contributed by atoms with Gasteiger partial charge in [0.25, 0.3) is 0 Å². The molecule has 5 heteroatoms. The average Bonchev–Trinajstić information content (AvgIpc) is 2.48. The van der Waals surface area contributed by atoms with Crippen molar-refractivity contribution in [3.8, 4) is 0 Å². The standard InChI is InChI=1S/C8H8BrClN2S/c1-13-8-11-6-2-4(9)5(10)3-7(6)12-8/h2-3,8,11-12H,1H3. The Balaban J connectivity index is 2.36. The maximum Gasteiger partial charge on any atom is 0.145 e. The molecule has 0 saturated carbocycles. The largest absolute Gasteiger partial charge is 0.355 e. The van der Waals surface area contributed by atoms with Gasteiger partial charge in [-0.25, -0.2) is 0 Å². The maximum atomic E-state index is 5.96. The fraction of sp³-hybridized carbons (Fsp3) is 0.250. The summed E-state index contributed by atoms with van der Waals surface area (Å²) >= 11 is 11.1. The smallest absolute Gasteiger partial charge is 0.145 e. The number of hydrogen-bond donors (Lipinski definition) is 2. The second kappa shape index (κ2) is 3.59. The van der Waals surface area contributed by atoms with Crippen LogP contribution in [0.5, 0.6) is 0 Å². The van der Waals surface area contributed by atoms with Crippen molar-refractivity contribution < 1.29 is 0 Å². The summed E-state index contributed by atoms with van der Waals surface area (Å²) in [6.07, 6.45) is 2.05. The Bertz CT molecular complexity index is 314. The van der Waals surface area contributed by atoms with E-state index in [-0.39, 0.29) is 5.50 Å². The minimum absolute atomic E-state index is 0.250. The van der Waals surface area contributed by atoms with Crippen LogP contribution in [0, 0.1) is 0 Å². The molecule has 0 spiro atoms. The van der Waals surface area contributed by atoms with E-state index in [0.717, 1.165) is 20.9 Å². The summed E-state index contributed by atoms with van der Waals surface area (Å²) in [5.74, 6) is 0. The monoisotopic (exact) mass is 278 g/mol. The van der Waals surface area contributed by atoms with E-state index in [1.165, 1.54) is 0 Å². The quantitative estimate of drug-likeness (QED) is 0.821. The van der Waals surface area contributed by atoms with Gasteiger partial charge in [-0.05, 0) is 34.3 Å². The highest BCUT2D eigenvalue weighted by Crippen LogP contribution is 2.38. The van der Waals surface area contributed by atoms with Crippen molar-refractivity contribution in [3.63, 3.8) is 0 Å². The molecular formula is C8H8BrClN2S. The summed E-state index contributed by atoms with van der Waals surface area (Å²) in [6.45, 7) is 0. The van der Waals surface area contributed by atoms with E-state index in [4.69, 9.17) is 11.6 Å². The highest BCUT2D eigenvalue weighted by Gasteiger charge is 2.19. The molecule has 1 aliphatic heterocycles. The Labute approximate surface area is 94.5 Å². The average molecular weight is 280 g/mol. The lowest BCUT2D eigenvalue weighted by atomic mass is 10.3. The van der Waals surface area contributed by atoms with Crippen LogP contribution in [0.25, 0.3) is 0 Å². The van der Waals surface area contributed by atoms with Crippen LogP contribution in [-0.4, -0.2) is 11.8 Å². The molecule has 0 aliphatic carbocycles. The fourth-order valence-electron chi connectivity index (χ4n) is 1.22. The first-order chi connectivity index (χ1) is 6.20. The molecule has 0 saturated heterocycles. The van der Waals surface area contributed by atoms with Crippen LogP contribution >= 0.6 is 39.3 Å². The predicted molar refractivity (Wildman–Crippen MR) is 63.7 cm³/mol. The molecule has 2 N–H and O–H groups in total. The van der Waals surface area contributed by atoms with Gasteiger partial charge in [-0.2, -0.15) is 0 Å². The number of halogens is 2. The summed E-state index contributed by atoms with van der Waals surface area (Å²) in [7, 11) is 0. The third kappa shape index (κ3) is 1.75. The van der Waals surface area contributed by atoms with Gasteiger partial charge in [0.1, 0.15) is 5.50 Å². The molecule has 1 unspecified atom stereocenters. The first kappa shape index (κ1) is 9.49. The summed E-state index contributed by atoms with van der Waals surface area (Å²) in [5.41, 5.74) is 2.41. The molecule has 0 radical (unpaired) electrons. The van der Waals surface area contributed by atoms with Gasteiger partial charge in [0, 0.05) is 4.47 Å². The zero-order valence-electron chi connectivity index (χ0n) is 6.90. The van der Waals surface area contributed by atoms with Crippen molar-refractivity contribution in [2.24, 2.45) is 0 Å². The van der Waals surface area contributed by atoms with Crippen LogP contribution in [0.3, 0.4) is 0 Å². The minimum Gasteiger partial charge on any atom is -0.355 e. The first-order valence-corrected chi connectivity index (χ1v) is 6.21. The first-order valence-electron chi connectivity index (χ1n) is 3.75. The molecule has 0 aromatic heterocycles. The maximum absolute atomic E-state index is 5.96. The minimum atomic E-state index is 0.250. The van der Waals surface area contributed by atoms with Crippen LogP contribution < -0.4 is 10.6 Å². The Hall–Kier alpha value is -0.0600. The second-order valence-electron chi connectivity index (χ2n) is 2.72. The highest BCUT2D eigenvalue weighted by molar-refractivity contribution is 9.10. The predicted octanol–water partition coefficient (Wildman–Crippen LogP) is 3.59. The van der Waals surface area contributed by atoms with Gasteiger partial charge in [-0.1, -0.05) is 11.6 Å². The summed E-state index contributed by atoms with van der Waals surface area (Å²) in [5, 5.41) is 7.35. The Morgan fingerprint density at radius 2 is 2.00 bits per heavy atom. The van der Waals surface area contributed by atoms with Gasteiger partial charge < -0.3 is 10.6 Å². The number of nitrogens with one attached hydrogen (secondary N) is 2. The number of anilines is 2. The highest BCUT2D eigenvalue weighted by atomic mass is 79.9. The van der Waals surface area contributed by atoms with E-state index in [2.05, 4.69) is 26.6 Å². The molecule has 0 bridgehead atoms. The van der Waals surface area contributed by atoms with E-state index in [9.17, 15) is 0 Å². The van der Waals surface area contributed by atoms with Gasteiger partial charge in [-0.15, -0.1) is 11.8 Å². The Kier molecular flexibility index (Phi) is 2.62. The number of benzene rings is 1. The molecule has 0 fully saturated rings. The zero-order chi connectivity index (χ0) is 9.42. The van der Waals surface area contributed by atoms with Crippen molar-refractivity contribution in [2.75, 3.05) is 16.9 Å². The zero-order valence-corrected chi connectivity index (χ0v) is 10.1. The van der Waals surface area contributed by atoms with E-state index >= 15 is 0 Å². The SMILES string of the molecule is CSC1Nc2cc(Cl)c(Br)cc2N1. The van der Waals surface area contributed by atoms with Gasteiger partial charge in [-0.3, -0.25) is 0 Å². The summed E-state index contributed by atoms with van der Waals surface area (Å²) < 4.78 is 0.920. The summed E-state index contributed by atoms with van der Waals surface area (Å²) in [4.78, 5) is 0. The van der Waals surface area contributed by atoms with Crippen LogP contribution in [0.2, 0.25) is 5.02 Å². The molecule has 1 aromatic rings. The Morgan fingerprint density at radius 3 is 2.62 bits per heavy atom. The van der Waals surface area contributed by atoms with Gasteiger partial charge >= 0.3 is 0 Å². The van der Waals surface area contributed by atoms with E-state index in [1.54, 1.807) is 11.8 Å². The third-order valence-corrected chi connectivity index (χ3v) is 3.77. The lowest BCUT2D eigenvalue weighted by molar-refractivity contribution is 1.21. The molecule has 1 heterocycles. The lowest BCUT2D eigenvalue weighted by Crippen LogP contribution is -2.16. The number of hydrogen-bond acceptors (Lipinski definition) is 3. The molecular weight excluding hydrogens is 272 g/mol. The van der Waals surface area contributed by atoms with Crippen molar-refractivity contribution in [1.82, 2.24) is 0 Å². The van der Waals surface area contributed by atoms with E-state index in [0.29, 0.717) is 0 Å². The van der Waals surface area contributed by atoms with Crippen LogP contribution in [0.4, 0.5) is 11.4 Å². The fourth-order valence-corrected chi connectivity index (χ4v) is 2.22. The van der Waals surface area contributed by atoms with Crippen LogP contribution in [0.1, 0.15) is 0 Å². The number of thioether (sulfide) groups is 1. The topological polar surface area (TPSA) is 24.1 Å². The Morgan fingerprint density at radius 1 is 1.38 bits per heavy atom. The molecule has 70 valence electrons. The lowest BCUT2D eigenvalue weighted by Gasteiger charge is -2.06. The van der Waals surface area contributed by atoms with Gasteiger partial charge in [0.15, 0.2) is 0 Å². The molecule has 2 nitrogen and oxygen atoms in total. The van der Waals surface area contributed by atoms with Gasteiger partial charge in [0.05, 0.1) is 16.4 Å². The molecule has 13 heavy (non-hydrogen) atoms. The van der Waals surface area contributed by atoms with Crippen molar-refractivity contribution in [3.05, 3.63) is 21.6 Å². The molecule has 2 rings (SSSR count). The summed E-state index contributed by atoms with van der Waals surface area (Å²) in [6, 6.07) is 3.91. The third-order valence-electron chi connectivity index (χ3n) is 1.87. The van der Waals surface area contributed by atoms with Crippen molar-refractivity contribution >= 4 is 50.7 Å². The molecule has 1 aliphatic rings. The van der Waals surface area contributed by atoms with E-state index < -0.39 is 0 Å². The molecule has 1 atom stereocenters. The van der Waals surface area contributed by atoms with Crippen LogP contribution in [0.15, 0.2) is 16.6 Å². The molecule has 1 aromatic carbocycles. The van der Waals surface area contributed by atoms with Gasteiger partial charge in [0.2, 0.25) is 0 Å². The van der Waals surface area contributed by atoms with Crippen molar-refractivity contribution in [1.29, 1.82) is 0 Å². The number of fused-ring (bicyclic) bond motifs is 1. The van der Waals surface area contributed by atoms with Crippen LogP contribution in [-0.2, 0) is 0 Å². The normalized spacial score (nSPS) is 19.2. The van der Waals surface area contributed by atoms with E-state index in [1.807, 2.05) is 18.4 Å². The van der Waals surface area contributed by atoms with Crippen molar-refractivity contribution in [2.45, 2.75) is 5.50 Å². The second-order valence-corrected chi connectivity index (χ2v) is 4.92. The number of rotatable bonds is 1. The molecule has 0 amide bonds.